The SMILES string of the molecule is CC(N)C1CCCCN1Cc1ccc(C(=O)O)cc1. The van der Waals surface area contributed by atoms with E-state index >= 15 is 0 Å². The third kappa shape index (κ3) is 3.55. The Morgan fingerprint density at radius 3 is 2.68 bits per heavy atom. The van der Waals surface area contributed by atoms with Gasteiger partial charge in [-0.25, -0.2) is 4.79 Å². The van der Waals surface area contributed by atoms with Gasteiger partial charge in [-0.3, -0.25) is 4.90 Å². The van der Waals surface area contributed by atoms with Crippen LogP contribution in [0.25, 0.3) is 0 Å². The highest BCUT2D eigenvalue weighted by Crippen LogP contribution is 2.21. The molecule has 1 heterocycles. The summed E-state index contributed by atoms with van der Waals surface area (Å²) in [6.45, 7) is 4.00. The Bertz CT molecular complexity index is 428. The number of aromatic carboxylic acids is 1. The van der Waals surface area contributed by atoms with E-state index in [-0.39, 0.29) is 6.04 Å². The van der Waals surface area contributed by atoms with Crippen LogP contribution >= 0.6 is 0 Å². The van der Waals surface area contributed by atoms with E-state index < -0.39 is 5.97 Å². The Kier molecular flexibility index (Phi) is 4.56. The molecule has 0 bridgehead atoms. The molecule has 2 atom stereocenters. The lowest BCUT2D eigenvalue weighted by Crippen LogP contribution is -2.48. The van der Waals surface area contributed by atoms with Gasteiger partial charge in [0.2, 0.25) is 0 Å². The number of carbonyl (C=O) groups is 1. The molecule has 4 nitrogen and oxygen atoms in total. The molecule has 2 rings (SSSR count). The van der Waals surface area contributed by atoms with Gasteiger partial charge in [-0.2, -0.15) is 0 Å². The smallest absolute Gasteiger partial charge is 0.335 e. The summed E-state index contributed by atoms with van der Waals surface area (Å²) >= 11 is 0. The minimum atomic E-state index is -0.877. The summed E-state index contributed by atoms with van der Waals surface area (Å²) in [5, 5.41) is 8.89. The first kappa shape index (κ1) is 14.0. The number of piperidine rings is 1. The summed E-state index contributed by atoms with van der Waals surface area (Å²) in [5.74, 6) is -0.877. The molecule has 0 aliphatic carbocycles. The average Bonchev–Trinajstić information content (AvgIpc) is 2.39. The van der Waals surface area contributed by atoms with E-state index in [0.29, 0.717) is 11.6 Å². The van der Waals surface area contributed by atoms with Gasteiger partial charge in [-0.15, -0.1) is 0 Å². The lowest BCUT2D eigenvalue weighted by atomic mass is 9.96. The third-order valence-corrected chi connectivity index (χ3v) is 3.86. The van der Waals surface area contributed by atoms with Crippen molar-refractivity contribution in [2.75, 3.05) is 6.54 Å². The molecule has 4 heteroatoms. The van der Waals surface area contributed by atoms with Crippen LogP contribution in [0.1, 0.15) is 42.1 Å². The Morgan fingerprint density at radius 2 is 2.11 bits per heavy atom. The number of rotatable bonds is 4. The number of benzene rings is 1. The lowest BCUT2D eigenvalue weighted by molar-refractivity contribution is 0.0697. The van der Waals surface area contributed by atoms with Crippen LogP contribution in [0.3, 0.4) is 0 Å². The molecular weight excluding hydrogens is 240 g/mol. The number of hydrogen-bond acceptors (Lipinski definition) is 3. The second-order valence-electron chi connectivity index (χ2n) is 5.39. The molecule has 1 fully saturated rings. The zero-order chi connectivity index (χ0) is 13.8. The van der Waals surface area contributed by atoms with Crippen LogP contribution < -0.4 is 5.73 Å². The van der Waals surface area contributed by atoms with Crippen molar-refractivity contribution >= 4 is 5.97 Å². The molecule has 0 spiro atoms. The van der Waals surface area contributed by atoms with Crippen LogP contribution in [0.4, 0.5) is 0 Å². The molecule has 0 radical (unpaired) electrons. The number of nitrogens with two attached hydrogens (primary N) is 1. The van der Waals surface area contributed by atoms with Gasteiger partial charge in [0.1, 0.15) is 0 Å². The van der Waals surface area contributed by atoms with Crippen molar-refractivity contribution in [2.45, 2.75) is 44.8 Å². The van der Waals surface area contributed by atoms with Crippen LogP contribution in [-0.4, -0.2) is 34.6 Å². The number of nitrogens with zero attached hydrogens (tertiary/aromatic N) is 1. The highest BCUT2D eigenvalue weighted by Gasteiger charge is 2.25. The molecule has 104 valence electrons. The molecule has 1 aliphatic rings. The number of likely N-dealkylation sites (tertiary alicyclic amines) is 1. The molecule has 0 saturated carbocycles. The molecule has 1 saturated heterocycles. The molecule has 1 aromatic carbocycles. The summed E-state index contributed by atoms with van der Waals surface area (Å²) < 4.78 is 0. The maximum Gasteiger partial charge on any atom is 0.335 e. The maximum absolute atomic E-state index is 10.8. The minimum Gasteiger partial charge on any atom is -0.478 e. The second-order valence-corrected chi connectivity index (χ2v) is 5.39. The van der Waals surface area contributed by atoms with E-state index in [2.05, 4.69) is 11.8 Å². The molecule has 0 amide bonds. The molecule has 2 unspecified atom stereocenters. The summed E-state index contributed by atoms with van der Waals surface area (Å²) in [7, 11) is 0. The van der Waals surface area contributed by atoms with Gasteiger partial charge >= 0.3 is 5.97 Å². The number of carboxylic acid groups (broad SMARTS) is 1. The quantitative estimate of drug-likeness (QED) is 0.872. The molecule has 19 heavy (non-hydrogen) atoms. The van der Waals surface area contributed by atoms with Crippen molar-refractivity contribution in [3.05, 3.63) is 35.4 Å². The topological polar surface area (TPSA) is 66.6 Å². The van der Waals surface area contributed by atoms with Gasteiger partial charge in [0, 0.05) is 18.6 Å². The number of hydrogen-bond donors (Lipinski definition) is 2. The summed E-state index contributed by atoms with van der Waals surface area (Å²) in [6, 6.07) is 7.75. The maximum atomic E-state index is 10.8. The predicted octanol–water partition coefficient (Wildman–Crippen LogP) is 2.09. The van der Waals surface area contributed by atoms with Crippen molar-refractivity contribution in [2.24, 2.45) is 5.73 Å². The zero-order valence-corrected chi connectivity index (χ0v) is 11.4. The van der Waals surface area contributed by atoms with Crippen LogP contribution in [0.5, 0.6) is 0 Å². The first-order valence-electron chi connectivity index (χ1n) is 6.90. The first-order valence-corrected chi connectivity index (χ1v) is 6.90. The Morgan fingerprint density at radius 1 is 1.42 bits per heavy atom. The van der Waals surface area contributed by atoms with Gasteiger partial charge in [0.15, 0.2) is 0 Å². The largest absolute Gasteiger partial charge is 0.478 e. The van der Waals surface area contributed by atoms with E-state index in [1.54, 1.807) is 12.1 Å². The molecular formula is C15H22N2O2. The minimum absolute atomic E-state index is 0.179. The Hall–Kier alpha value is -1.39. The third-order valence-electron chi connectivity index (χ3n) is 3.86. The standard InChI is InChI=1S/C15H22N2O2/c1-11(16)14-4-2-3-9-17(14)10-12-5-7-13(8-6-12)15(18)19/h5-8,11,14H,2-4,9-10,16H2,1H3,(H,18,19). The number of carboxylic acids is 1. The van der Waals surface area contributed by atoms with E-state index in [1.165, 1.54) is 12.8 Å². The summed E-state index contributed by atoms with van der Waals surface area (Å²) in [5.41, 5.74) is 7.55. The fourth-order valence-electron chi connectivity index (χ4n) is 2.80. The Labute approximate surface area is 114 Å². The van der Waals surface area contributed by atoms with E-state index in [1.807, 2.05) is 12.1 Å². The van der Waals surface area contributed by atoms with Crippen LogP contribution in [0, 0.1) is 0 Å². The fraction of sp³-hybridized carbons (Fsp3) is 0.533. The van der Waals surface area contributed by atoms with Crippen LogP contribution in [0.2, 0.25) is 0 Å². The van der Waals surface area contributed by atoms with Crippen molar-refractivity contribution in [1.29, 1.82) is 0 Å². The second kappa shape index (κ2) is 6.17. The van der Waals surface area contributed by atoms with Crippen molar-refractivity contribution in [3.8, 4) is 0 Å². The van der Waals surface area contributed by atoms with E-state index in [9.17, 15) is 4.79 Å². The van der Waals surface area contributed by atoms with Gasteiger partial charge < -0.3 is 10.8 Å². The first-order chi connectivity index (χ1) is 9.08. The van der Waals surface area contributed by atoms with Crippen molar-refractivity contribution in [1.82, 2.24) is 4.90 Å². The summed E-state index contributed by atoms with van der Waals surface area (Å²) in [4.78, 5) is 13.2. The molecule has 1 aromatic rings. The monoisotopic (exact) mass is 262 g/mol. The molecule has 3 N–H and O–H groups in total. The van der Waals surface area contributed by atoms with Gasteiger partial charge in [-0.05, 0) is 44.0 Å². The van der Waals surface area contributed by atoms with Crippen molar-refractivity contribution < 1.29 is 9.90 Å². The van der Waals surface area contributed by atoms with Gasteiger partial charge in [-0.1, -0.05) is 18.6 Å². The molecule has 1 aliphatic heterocycles. The predicted molar refractivity (Wildman–Crippen MR) is 75.1 cm³/mol. The van der Waals surface area contributed by atoms with Crippen molar-refractivity contribution in [3.63, 3.8) is 0 Å². The van der Waals surface area contributed by atoms with Crippen LogP contribution in [-0.2, 0) is 6.54 Å². The van der Waals surface area contributed by atoms with Gasteiger partial charge in [0.25, 0.3) is 0 Å². The van der Waals surface area contributed by atoms with Gasteiger partial charge in [0.05, 0.1) is 5.56 Å². The fourth-order valence-corrected chi connectivity index (χ4v) is 2.80. The normalized spacial score (nSPS) is 22.1. The highest BCUT2D eigenvalue weighted by atomic mass is 16.4. The van der Waals surface area contributed by atoms with E-state index in [0.717, 1.165) is 25.1 Å². The highest BCUT2D eigenvalue weighted by molar-refractivity contribution is 5.87. The van der Waals surface area contributed by atoms with Crippen LogP contribution in [0.15, 0.2) is 24.3 Å². The Balaban J connectivity index is 2.04. The average molecular weight is 262 g/mol. The van der Waals surface area contributed by atoms with E-state index in [4.69, 9.17) is 10.8 Å². The summed E-state index contributed by atoms with van der Waals surface area (Å²) in [6.07, 6.45) is 3.63. The zero-order valence-electron chi connectivity index (χ0n) is 11.4. The molecule has 0 aromatic heterocycles. The lowest BCUT2D eigenvalue weighted by Gasteiger charge is -2.38.